The summed E-state index contributed by atoms with van der Waals surface area (Å²) in [5.41, 5.74) is 2.42. The van der Waals surface area contributed by atoms with Gasteiger partial charge in [0.2, 0.25) is 12.2 Å². The van der Waals surface area contributed by atoms with E-state index in [4.69, 9.17) is 51.1 Å². The number of hydrogen-bond donors (Lipinski definition) is 1. The largest absolute Gasteiger partial charge is 1.00 e. The van der Waals surface area contributed by atoms with E-state index in [9.17, 15) is 4.79 Å². The van der Waals surface area contributed by atoms with Crippen molar-refractivity contribution in [1.82, 2.24) is 4.57 Å². The van der Waals surface area contributed by atoms with Crippen molar-refractivity contribution in [3.05, 3.63) is 117 Å². The fourth-order valence-electron chi connectivity index (χ4n) is 3.68. The standard InChI is InChI=1S/C27H23Cl4N3O2.ClH.H2O/c28-20-7-6-19(24(30)14-20)17-36-26(23-9-8-21(29)15-25(23)31)16-34-13-12-33(18-34)11-10-27(35)32-22-4-2-1-3-5-22;;/h1-9,12-15,18,26H,10-11,16-17H2;1H;1H2. The number of halogens is 5. The zero-order valence-electron chi connectivity index (χ0n) is 20.1. The minimum atomic E-state index is -0.372. The molecule has 0 radical (unpaired) electrons. The molecule has 0 spiro atoms. The number of aromatic nitrogens is 2. The molecule has 3 N–H and O–H groups in total. The van der Waals surface area contributed by atoms with Crippen molar-refractivity contribution in [3.63, 3.8) is 0 Å². The van der Waals surface area contributed by atoms with E-state index in [-0.39, 0.29) is 36.5 Å². The smallest absolute Gasteiger partial charge is 0.243 e. The average molecular weight is 618 g/mol. The topological polar surface area (TPSA) is 78.6 Å². The number of carbonyl (C=O) groups is 1. The maximum atomic E-state index is 12.3. The summed E-state index contributed by atoms with van der Waals surface area (Å²) in [4.78, 5) is 12.3. The molecule has 38 heavy (non-hydrogen) atoms. The number of anilines is 1. The molecule has 0 aliphatic rings. The molecule has 1 heterocycles. The fourth-order valence-corrected chi connectivity index (χ4v) is 4.67. The molecule has 1 aromatic heterocycles. The Morgan fingerprint density at radius 1 is 0.947 bits per heavy atom. The van der Waals surface area contributed by atoms with Crippen LogP contribution in [0.1, 0.15) is 23.7 Å². The quantitative estimate of drug-likeness (QED) is 0.277. The molecule has 0 saturated carbocycles. The minimum Gasteiger partial charge on any atom is -1.00 e. The van der Waals surface area contributed by atoms with Crippen LogP contribution in [0.15, 0.2) is 85.5 Å². The van der Waals surface area contributed by atoms with Crippen LogP contribution < -0.4 is 22.3 Å². The molecule has 0 aliphatic carbocycles. The number of aryl methyl sites for hydroxylation is 1. The monoisotopic (exact) mass is 615 g/mol. The third-order valence-corrected chi connectivity index (χ3v) is 6.69. The summed E-state index contributed by atoms with van der Waals surface area (Å²) in [7, 11) is 0. The molecule has 1 atom stereocenters. The Labute approximate surface area is 247 Å². The number of imidazole rings is 1. The van der Waals surface area contributed by atoms with Crippen LogP contribution in [0.25, 0.3) is 0 Å². The molecule has 4 rings (SSSR count). The Morgan fingerprint density at radius 3 is 2.32 bits per heavy atom. The van der Waals surface area contributed by atoms with Crippen molar-refractivity contribution in [2.24, 2.45) is 0 Å². The first-order chi connectivity index (χ1) is 17.4. The lowest BCUT2D eigenvalue weighted by Gasteiger charge is -2.19. The van der Waals surface area contributed by atoms with E-state index in [0.717, 1.165) is 16.8 Å². The zero-order chi connectivity index (χ0) is 25.5. The molecule has 1 unspecified atom stereocenters. The summed E-state index contributed by atoms with van der Waals surface area (Å²) >= 11 is 25.0. The molecule has 3 aromatic carbocycles. The van der Waals surface area contributed by atoms with Gasteiger partial charge in [0.1, 0.15) is 25.0 Å². The SMILES string of the molecule is O.O=C(CCn1cc[n+](CC(OCc2ccc(Cl)cc2Cl)c2ccc(Cl)cc2Cl)c1)Nc1ccccc1.[Cl-]. The van der Waals surface area contributed by atoms with E-state index in [1.54, 1.807) is 24.3 Å². The van der Waals surface area contributed by atoms with E-state index < -0.39 is 0 Å². The van der Waals surface area contributed by atoms with Gasteiger partial charge in [-0.1, -0.05) is 76.7 Å². The maximum absolute atomic E-state index is 12.3. The number of amides is 1. The summed E-state index contributed by atoms with van der Waals surface area (Å²) in [6.07, 6.45) is 5.77. The van der Waals surface area contributed by atoms with Gasteiger partial charge in [0, 0.05) is 31.3 Å². The van der Waals surface area contributed by atoms with Crippen molar-refractivity contribution in [1.29, 1.82) is 0 Å². The second-order valence-electron chi connectivity index (χ2n) is 8.21. The minimum absolute atomic E-state index is 0. The van der Waals surface area contributed by atoms with Crippen molar-refractivity contribution >= 4 is 58.0 Å². The summed E-state index contributed by atoms with van der Waals surface area (Å²) in [5, 5.41) is 5.08. The Balaban J connectivity index is 0.00000253. The molecule has 0 fully saturated rings. The van der Waals surface area contributed by atoms with Gasteiger partial charge in [-0.3, -0.25) is 4.79 Å². The van der Waals surface area contributed by atoms with Gasteiger partial charge in [-0.05, 0) is 42.0 Å². The Morgan fingerprint density at radius 2 is 1.63 bits per heavy atom. The zero-order valence-corrected chi connectivity index (χ0v) is 23.9. The van der Waals surface area contributed by atoms with Crippen LogP contribution in [0.2, 0.25) is 20.1 Å². The molecule has 0 saturated heterocycles. The molecule has 0 bridgehead atoms. The van der Waals surface area contributed by atoms with E-state index in [0.29, 0.717) is 39.6 Å². The molecular weight excluding hydrogens is 592 g/mol. The highest BCUT2D eigenvalue weighted by Gasteiger charge is 2.21. The molecule has 1 amide bonds. The number of nitrogens with one attached hydrogen (secondary N) is 1. The number of para-hydroxylation sites is 1. The van der Waals surface area contributed by atoms with E-state index >= 15 is 0 Å². The van der Waals surface area contributed by atoms with E-state index in [1.807, 2.05) is 70.3 Å². The predicted molar refractivity (Wildman–Crippen MR) is 148 cm³/mol. The molecule has 11 heteroatoms. The van der Waals surface area contributed by atoms with Crippen LogP contribution in [-0.4, -0.2) is 16.0 Å². The Kier molecular flexibility index (Phi) is 12.9. The van der Waals surface area contributed by atoms with Crippen LogP contribution >= 0.6 is 46.4 Å². The molecule has 4 aromatic rings. The van der Waals surface area contributed by atoms with E-state index in [2.05, 4.69) is 5.32 Å². The lowest BCUT2D eigenvalue weighted by atomic mass is 10.1. The van der Waals surface area contributed by atoms with Crippen molar-refractivity contribution in [3.8, 4) is 0 Å². The van der Waals surface area contributed by atoms with Crippen LogP contribution in [0, 0.1) is 0 Å². The number of carbonyl (C=O) groups excluding carboxylic acids is 1. The Bertz CT molecular complexity index is 1330. The molecule has 202 valence electrons. The normalized spacial score (nSPS) is 11.3. The van der Waals surface area contributed by atoms with Gasteiger partial charge in [-0.2, -0.15) is 0 Å². The third kappa shape index (κ3) is 9.17. The highest BCUT2D eigenvalue weighted by atomic mass is 35.5. The first kappa shape index (κ1) is 31.9. The number of rotatable bonds is 10. The summed E-state index contributed by atoms with van der Waals surface area (Å²) in [6.45, 7) is 1.32. The highest BCUT2D eigenvalue weighted by molar-refractivity contribution is 6.35. The van der Waals surface area contributed by atoms with Crippen LogP contribution in [0.4, 0.5) is 5.69 Å². The number of nitrogens with zero attached hydrogens (tertiary/aromatic N) is 2. The van der Waals surface area contributed by atoms with Gasteiger partial charge in [0.15, 0.2) is 0 Å². The molecular formula is C27H26Cl5N3O3. The first-order valence-electron chi connectivity index (χ1n) is 11.3. The Hall–Kier alpha value is -2.29. The van der Waals surface area contributed by atoms with Gasteiger partial charge >= 0.3 is 0 Å². The van der Waals surface area contributed by atoms with E-state index in [1.165, 1.54) is 0 Å². The second-order valence-corrected chi connectivity index (χ2v) is 9.90. The fraction of sp³-hybridized carbons (Fsp3) is 0.185. The van der Waals surface area contributed by atoms with Crippen molar-refractivity contribution in [2.45, 2.75) is 32.2 Å². The van der Waals surface area contributed by atoms with Gasteiger partial charge in [-0.15, -0.1) is 0 Å². The lowest BCUT2D eigenvalue weighted by molar-refractivity contribution is -0.704. The number of hydrogen-bond acceptors (Lipinski definition) is 2. The van der Waals surface area contributed by atoms with Gasteiger partial charge < -0.3 is 27.9 Å². The predicted octanol–water partition coefficient (Wildman–Crippen LogP) is 3.56. The number of benzene rings is 3. The molecule has 6 nitrogen and oxygen atoms in total. The van der Waals surface area contributed by atoms with Crippen LogP contribution in [0.3, 0.4) is 0 Å². The summed E-state index contributed by atoms with van der Waals surface area (Å²) in [5.74, 6) is -0.0459. The van der Waals surface area contributed by atoms with Crippen molar-refractivity contribution in [2.75, 3.05) is 5.32 Å². The van der Waals surface area contributed by atoms with Gasteiger partial charge in [0.05, 0.1) is 19.6 Å². The van der Waals surface area contributed by atoms with Crippen LogP contribution in [0.5, 0.6) is 0 Å². The maximum Gasteiger partial charge on any atom is 0.243 e. The summed E-state index contributed by atoms with van der Waals surface area (Å²) < 4.78 is 10.2. The van der Waals surface area contributed by atoms with Crippen molar-refractivity contribution < 1.29 is 32.0 Å². The second kappa shape index (κ2) is 15.3. The lowest BCUT2D eigenvalue weighted by Crippen LogP contribution is -3.00. The van der Waals surface area contributed by atoms with Gasteiger partial charge in [-0.25, -0.2) is 9.13 Å². The number of ether oxygens (including phenoxy) is 1. The average Bonchev–Trinajstić information content (AvgIpc) is 3.29. The highest BCUT2D eigenvalue weighted by Crippen LogP contribution is 2.30. The molecule has 0 aliphatic heterocycles. The van der Waals surface area contributed by atoms with Crippen LogP contribution in [-0.2, 0) is 29.2 Å². The van der Waals surface area contributed by atoms with Gasteiger partial charge in [0.25, 0.3) is 0 Å². The summed E-state index contributed by atoms with van der Waals surface area (Å²) in [6, 6.07) is 20.1. The first-order valence-corrected chi connectivity index (χ1v) is 12.8. The third-order valence-electron chi connectivity index (χ3n) is 5.54.